The molecule has 0 aromatic heterocycles. The summed E-state index contributed by atoms with van der Waals surface area (Å²) in [6.45, 7) is 3.79. The number of alkyl carbamates (subject to hydrolysis) is 2. The Balaban J connectivity index is 1.68. The fourth-order valence-corrected chi connectivity index (χ4v) is 9.00. The van der Waals surface area contributed by atoms with Crippen molar-refractivity contribution in [2.75, 3.05) is 79.2 Å². The van der Waals surface area contributed by atoms with Gasteiger partial charge in [0.1, 0.15) is 6.61 Å². The van der Waals surface area contributed by atoms with Gasteiger partial charge in [0.2, 0.25) is 0 Å². The molecule has 222 valence electrons. The smallest absolute Gasteiger partial charge is 0.449 e. The molecule has 0 aromatic carbocycles. The zero-order valence-electron chi connectivity index (χ0n) is 22.1. The zero-order valence-corrected chi connectivity index (χ0v) is 24.1. The van der Waals surface area contributed by atoms with Crippen molar-refractivity contribution in [2.45, 2.75) is 50.6 Å². The van der Waals surface area contributed by atoms with Gasteiger partial charge in [0, 0.05) is 77.8 Å². The van der Waals surface area contributed by atoms with E-state index in [9.17, 15) is 9.59 Å². The summed E-state index contributed by atoms with van der Waals surface area (Å²) in [6, 6.07) is 1.14. The fourth-order valence-electron chi connectivity index (χ4n) is 3.69. The van der Waals surface area contributed by atoms with Crippen molar-refractivity contribution in [3.05, 3.63) is 0 Å². The van der Waals surface area contributed by atoms with Crippen molar-refractivity contribution in [3.63, 3.8) is 0 Å². The SMILES string of the molecule is O=C(NCCC[Si]1(OCCCO[Si]2(CCCNC(=O)OCCCO)OCCCO2)OCCCO1)OCCO. The molecule has 0 unspecified atom stereocenters. The van der Waals surface area contributed by atoms with Gasteiger partial charge in [0.25, 0.3) is 0 Å². The van der Waals surface area contributed by atoms with E-state index in [4.69, 9.17) is 46.2 Å². The average Bonchev–Trinajstić information content (AvgIpc) is 2.93. The Kier molecular flexibility index (Phi) is 17.0. The van der Waals surface area contributed by atoms with Gasteiger partial charge in [0.05, 0.1) is 13.2 Å². The lowest BCUT2D eigenvalue weighted by atomic mass is 10.5. The summed E-state index contributed by atoms with van der Waals surface area (Å²) in [6.07, 6.45) is 2.78. The molecule has 38 heavy (non-hydrogen) atoms. The number of ether oxygens (including phenoxy) is 2. The van der Waals surface area contributed by atoms with Crippen molar-refractivity contribution >= 4 is 29.8 Å². The average molecular weight is 585 g/mol. The molecule has 2 aliphatic rings. The molecule has 0 spiro atoms. The van der Waals surface area contributed by atoms with Crippen molar-refractivity contribution < 1.29 is 55.8 Å². The topological polar surface area (TPSA) is 172 Å². The fraction of sp³-hybridized carbons (Fsp3) is 0.909. The molecule has 0 aliphatic carbocycles. The van der Waals surface area contributed by atoms with Gasteiger partial charge in [0.15, 0.2) is 0 Å². The molecule has 0 bridgehead atoms. The highest BCUT2D eigenvalue weighted by Crippen LogP contribution is 2.24. The Morgan fingerprint density at radius 3 is 1.55 bits per heavy atom. The molecule has 0 atom stereocenters. The number of amides is 2. The van der Waals surface area contributed by atoms with E-state index in [1.165, 1.54) is 0 Å². The summed E-state index contributed by atoms with van der Waals surface area (Å²) in [4.78, 5) is 23.1. The van der Waals surface area contributed by atoms with Crippen molar-refractivity contribution in [2.24, 2.45) is 0 Å². The first-order valence-electron chi connectivity index (χ1n) is 13.4. The van der Waals surface area contributed by atoms with E-state index in [0.29, 0.717) is 90.5 Å². The second-order valence-corrected chi connectivity index (χ2v) is 14.1. The predicted octanol–water partition coefficient (Wildman–Crippen LogP) is 0.769. The van der Waals surface area contributed by atoms with Crippen LogP contribution >= 0.6 is 0 Å². The van der Waals surface area contributed by atoms with Crippen LogP contribution < -0.4 is 10.6 Å². The van der Waals surface area contributed by atoms with Crippen LogP contribution in [-0.2, 0) is 36.0 Å². The lowest BCUT2D eigenvalue weighted by molar-refractivity contribution is 0.00684. The van der Waals surface area contributed by atoms with E-state index >= 15 is 0 Å². The first kappa shape index (κ1) is 32.9. The normalized spacial score (nSPS) is 18.5. The van der Waals surface area contributed by atoms with Gasteiger partial charge in [-0.15, -0.1) is 0 Å². The number of rotatable bonds is 19. The van der Waals surface area contributed by atoms with Crippen molar-refractivity contribution in [3.8, 4) is 0 Å². The Morgan fingerprint density at radius 2 is 1.11 bits per heavy atom. The summed E-state index contributed by atoms with van der Waals surface area (Å²) in [5, 5.41) is 22.8. The second-order valence-electron chi connectivity index (χ2n) is 8.65. The van der Waals surface area contributed by atoms with Gasteiger partial charge in [-0.1, -0.05) is 0 Å². The molecule has 2 fully saturated rings. The van der Waals surface area contributed by atoms with Crippen LogP contribution in [0.25, 0.3) is 0 Å². The van der Waals surface area contributed by atoms with Crippen LogP contribution in [-0.4, -0.2) is 119 Å². The largest absolute Gasteiger partial charge is 0.501 e. The van der Waals surface area contributed by atoms with E-state index in [1.807, 2.05) is 0 Å². The quantitative estimate of drug-likeness (QED) is 0.124. The standard InChI is InChI=1S/C22H44N2O12Si2/c25-9-3-11-29-21(27)23-7-1-19-37(31-12-4-13-32-37)33-14-5-15-34-38(35-16-6-17-36-38)20-2-8-24-22(28)30-18-10-26/h25-26H,1-20H2,(H,23,27)(H,24,28). The van der Waals surface area contributed by atoms with Crippen LogP contribution in [0.3, 0.4) is 0 Å². The molecule has 0 aromatic rings. The van der Waals surface area contributed by atoms with Crippen LogP contribution in [0.4, 0.5) is 9.59 Å². The van der Waals surface area contributed by atoms with Crippen molar-refractivity contribution in [1.29, 1.82) is 0 Å². The molecule has 16 heteroatoms. The molecule has 0 saturated carbocycles. The third kappa shape index (κ3) is 13.6. The van der Waals surface area contributed by atoms with Crippen molar-refractivity contribution in [1.82, 2.24) is 10.6 Å². The number of aliphatic hydroxyl groups excluding tert-OH is 2. The van der Waals surface area contributed by atoms with Gasteiger partial charge in [-0.2, -0.15) is 0 Å². The summed E-state index contributed by atoms with van der Waals surface area (Å²) < 4.78 is 45.8. The van der Waals surface area contributed by atoms with Crippen LogP contribution in [0.15, 0.2) is 0 Å². The van der Waals surface area contributed by atoms with E-state index < -0.39 is 29.8 Å². The molecule has 2 rings (SSSR count). The molecular formula is C22H44N2O12Si2. The maximum Gasteiger partial charge on any atom is 0.501 e. The number of carbonyl (C=O) groups is 2. The zero-order chi connectivity index (χ0) is 27.4. The first-order valence-corrected chi connectivity index (χ1v) is 17.3. The highest BCUT2D eigenvalue weighted by atomic mass is 28.4. The van der Waals surface area contributed by atoms with Gasteiger partial charge in [-0.3, -0.25) is 0 Å². The summed E-state index contributed by atoms with van der Waals surface area (Å²) in [7, 11) is -5.68. The number of hydrogen-bond donors (Lipinski definition) is 4. The van der Waals surface area contributed by atoms with E-state index in [1.54, 1.807) is 0 Å². The third-order valence-electron chi connectivity index (χ3n) is 5.52. The van der Waals surface area contributed by atoms with Crippen LogP contribution in [0.1, 0.15) is 38.5 Å². The van der Waals surface area contributed by atoms with Crippen LogP contribution in [0.2, 0.25) is 12.1 Å². The Bertz CT molecular complexity index is 652. The molecule has 2 aliphatic heterocycles. The first-order chi connectivity index (χ1) is 18.5. The van der Waals surface area contributed by atoms with E-state index in [2.05, 4.69) is 10.6 Å². The minimum absolute atomic E-state index is 0.0239. The van der Waals surface area contributed by atoms with E-state index in [-0.39, 0.29) is 26.4 Å². The van der Waals surface area contributed by atoms with Crippen LogP contribution in [0.5, 0.6) is 0 Å². The highest BCUT2D eigenvalue weighted by molar-refractivity contribution is 6.61. The summed E-state index contributed by atoms with van der Waals surface area (Å²) in [5.74, 6) is 0. The van der Waals surface area contributed by atoms with Gasteiger partial charge >= 0.3 is 29.8 Å². The van der Waals surface area contributed by atoms with Crippen LogP contribution in [0, 0.1) is 0 Å². The minimum atomic E-state index is -2.84. The molecule has 2 amide bonds. The Morgan fingerprint density at radius 1 is 0.632 bits per heavy atom. The van der Waals surface area contributed by atoms with E-state index in [0.717, 1.165) is 12.8 Å². The lowest BCUT2D eigenvalue weighted by Gasteiger charge is -2.34. The van der Waals surface area contributed by atoms with Gasteiger partial charge in [-0.25, -0.2) is 9.59 Å². The minimum Gasteiger partial charge on any atom is -0.449 e. The maximum atomic E-state index is 11.6. The molecule has 0 radical (unpaired) electrons. The maximum absolute atomic E-state index is 11.6. The Labute approximate surface area is 226 Å². The molecule has 2 heterocycles. The van der Waals surface area contributed by atoms with Gasteiger partial charge < -0.3 is 56.9 Å². The lowest BCUT2D eigenvalue weighted by Crippen LogP contribution is -2.51. The molecular weight excluding hydrogens is 540 g/mol. The third-order valence-corrected chi connectivity index (χ3v) is 11.3. The summed E-state index contributed by atoms with van der Waals surface area (Å²) >= 11 is 0. The molecule has 2 saturated heterocycles. The predicted molar refractivity (Wildman–Crippen MR) is 137 cm³/mol. The number of carbonyl (C=O) groups excluding carboxylic acids is 2. The summed E-state index contributed by atoms with van der Waals surface area (Å²) in [5.41, 5.74) is 0. The number of nitrogens with one attached hydrogen (secondary N) is 2. The monoisotopic (exact) mass is 584 g/mol. The second kappa shape index (κ2) is 19.7. The number of hydrogen-bond acceptors (Lipinski definition) is 12. The molecule has 14 nitrogen and oxygen atoms in total. The Hall–Kier alpha value is -1.35. The molecule has 4 N–H and O–H groups in total. The highest BCUT2D eigenvalue weighted by Gasteiger charge is 2.44. The van der Waals surface area contributed by atoms with Gasteiger partial charge in [-0.05, 0) is 32.1 Å². The number of aliphatic hydroxyl groups is 2.